The summed E-state index contributed by atoms with van der Waals surface area (Å²) in [5, 5.41) is 33.8. The van der Waals surface area contributed by atoms with Crippen molar-refractivity contribution in [3.63, 3.8) is 0 Å². The summed E-state index contributed by atoms with van der Waals surface area (Å²) >= 11 is 6.06. The number of nitrogens with two attached hydrogens (primary N) is 1. The zero-order valence-electron chi connectivity index (χ0n) is 38.2. The van der Waals surface area contributed by atoms with Crippen molar-refractivity contribution >= 4 is 53.0 Å². The van der Waals surface area contributed by atoms with Gasteiger partial charge in [0.05, 0.1) is 7.11 Å². The molecule has 4 aromatic carbocycles. The monoisotopic (exact) mass is 952 g/mol. The maximum atomic E-state index is 14.6. The van der Waals surface area contributed by atoms with Gasteiger partial charge in [0.1, 0.15) is 47.8 Å². The summed E-state index contributed by atoms with van der Waals surface area (Å²) in [5.41, 5.74) is 10.9. The molecule has 68 heavy (non-hydrogen) atoms. The molecule has 6 rings (SSSR count). The number of hydrogen-bond donors (Lipinski definition) is 8. The number of aromatic hydroxyl groups is 2. The van der Waals surface area contributed by atoms with E-state index in [9.17, 15) is 43.8 Å². The Kier molecular flexibility index (Phi) is 16.8. The van der Waals surface area contributed by atoms with Gasteiger partial charge in [-0.15, -0.1) is 0 Å². The van der Waals surface area contributed by atoms with Crippen molar-refractivity contribution in [2.45, 2.75) is 88.6 Å². The third-order valence-corrected chi connectivity index (χ3v) is 12.4. The highest BCUT2D eigenvalue weighted by Crippen LogP contribution is 2.39. The van der Waals surface area contributed by atoms with Crippen LogP contribution in [0.1, 0.15) is 73.5 Å². The fourth-order valence-electron chi connectivity index (χ4n) is 8.43. The number of nitrogens with one attached hydrogen (secondary N) is 5. The van der Waals surface area contributed by atoms with E-state index in [4.69, 9.17) is 22.2 Å². The molecule has 4 bridgehead atoms. The second kappa shape index (κ2) is 22.6. The van der Waals surface area contributed by atoms with Crippen molar-refractivity contribution in [1.29, 1.82) is 0 Å². The van der Waals surface area contributed by atoms with Crippen molar-refractivity contribution in [2.24, 2.45) is 5.73 Å². The van der Waals surface area contributed by atoms with Crippen LogP contribution in [0.4, 0.5) is 0 Å². The standard InChI is InChI=1S/C49H57ClN8O10/c1-27-43(61)55-38(45(63)53-28(2)48(66)58-23-7-9-39(58)46(64)56-68-4)25-29-10-20-40(59)35(24-29)36-26-33(17-21-41(36)60)42(47(65)52-27)57(3)49(67)37(8-5-6-22-51)54-44(62)32-13-11-30(12-14-32)31-15-18-34(50)19-16-31/h10-21,24,26-28,37-39,42,59-60H,5-9,22-23,25,51H2,1-4H3,(H,52,65)(H,53,63)(H,54,62)(H,55,61)(H,56,64)/t27-,28-,37-,38-,39-,42-/m0/s1. The fourth-order valence-corrected chi connectivity index (χ4v) is 8.56. The molecule has 18 nitrogen and oxygen atoms in total. The largest absolute Gasteiger partial charge is 0.507 e. The van der Waals surface area contributed by atoms with Gasteiger partial charge in [0.15, 0.2) is 0 Å². The van der Waals surface area contributed by atoms with E-state index >= 15 is 0 Å². The molecule has 1 fully saturated rings. The van der Waals surface area contributed by atoms with Gasteiger partial charge in [-0.05, 0) is 123 Å². The summed E-state index contributed by atoms with van der Waals surface area (Å²) in [6.07, 6.45) is 1.95. The summed E-state index contributed by atoms with van der Waals surface area (Å²) in [5.74, 6) is -5.13. The lowest BCUT2D eigenvalue weighted by Crippen LogP contribution is -2.58. The first kappa shape index (κ1) is 50.4. The van der Waals surface area contributed by atoms with Crippen LogP contribution in [0.15, 0.2) is 84.9 Å². The molecular weight excluding hydrogens is 896 g/mol. The molecule has 0 unspecified atom stereocenters. The van der Waals surface area contributed by atoms with Gasteiger partial charge < -0.3 is 47.0 Å². The number of phenols is 2. The zero-order valence-corrected chi connectivity index (χ0v) is 39.0. The highest BCUT2D eigenvalue weighted by atomic mass is 35.5. The molecule has 0 saturated carbocycles. The number of likely N-dealkylation sites (tertiary alicyclic amines) is 1. The minimum absolute atomic E-state index is 0.0855. The second-order valence-corrected chi connectivity index (χ2v) is 17.4. The van der Waals surface area contributed by atoms with Crippen molar-refractivity contribution in [3.8, 4) is 33.8 Å². The summed E-state index contributed by atoms with van der Waals surface area (Å²) in [6.45, 7) is 3.46. The second-order valence-electron chi connectivity index (χ2n) is 17.0. The number of hydroxylamine groups is 1. The zero-order chi connectivity index (χ0) is 49.2. The van der Waals surface area contributed by atoms with Gasteiger partial charge in [-0.1, -0.05) is 48.0 Å². The van der Waals surface area contributed by atoms with Gasteiger partial charge in [0, 0.05) is 41.7 Å². The number of fused-ring (bicyclic) bond motifs is 5. The van der Waals surface area contributed by atoms with Crippen LogP contribution in [-0.4, -0.2) is 119 Å². The molecule has 1 saturated heterocycles. The van der Waals surface area contributed by atoms with Crippen LogP contribution in [0.2, 0.25) is 5.02 Å². The Hall–Kier alpha value is -7.02. The van der Waals surface area contributed by atoms with Gasteiger partial charge in [-0.2, -0.15) is 0 Å². The number of amides is 7. The van der Waals surface area contributed by atoms with Crippen LogP contribution >= 0.6 is 11.6 Å². The fraction of sp³-hybridized carbons (Fsp3) is 0.367. The van der Waals surface area contributed by atoms with Crippen LogP contribution in [0, 0.1) is 0 Å². The van der Waals surface area contributed by atoms with E-state index in [2.05, 4.69) is 26.7 Å². The minimum atomic E-state index is -1.47. The van der Waals surface area contributed by atoms with E-state index in [-0.39, 0.29) is 53.1 Å². The maximum absolute atomic E-state index is 14.6. The lowest BCUT2D eigenvalue weighted by molar-refractivity contribution is -0.145. The van der Waals surface area contributed by atoms with Crippen molar-refractivity contribution in [1.82, 2.24) is 36.5 Å². The molecule has 6 atom stereocenters. The number of hydrogen-bond acceptors (Lipinski definition) is 11. The molecule has 9 N–H and O–H groups in total. The Morgan fingerprint density at radius 2 is 1.51 bits per heavy atom. The van der Waals surface area contributed by atoms with Gasteiger partial charge in [-0.25, -0.2) is 5.48 Å². The van der Waals surface area contributed by atoms with Crippen LogP contribution in [-0.2, 0) is 40.0 Å². The average Bonchev–Trinajstić information content (AvgIpc) is 3.82. The van der Waals surface area contributed by atoms with E-state index in [1.165, 1.54) is 69.3 Å². The summed E-state index contributed by atoms with van der Waals surface area (Å²) in [6, 6.07) is 15.5. The predicted octanol–water partition coefficient (Wildman–Crippen LogP) is 3.23. The molecule has 360 valence electrons. The highest BCUT2D eigenvalue weighted by molar-refractivity contribution is 6.30. The number of phenolic OH excluding ortho intramolecular Hbond substituents is 2. The highest BCUT2D eigenvalue weighted by Gasteiger charge is 2.39. The van der Waals surface area contributed by atoms with Gasteiger partial charge in [0.2, 0.25) is 29.5 Å². The van der Waals surface area contributed by atoms with Crippen molar-refractivity contribution in [3.05, 3.63) is 107 Å². The summed E-state index contributed by atoms with van der Waals surface area (Å²) in [7, 11) is 2.66. The molecule has 0 aliphatic carbocycles. The number of unbranched alkanes of at least 4 members (excludes halogenated alkanes) is 1. The number of likely N-dealkylation sites (N-methyl/N-ethyl adjacent to an activating group) is 1. The molecule has 0 radical (unpaired) electrons. The maximum Gasteiger partial charge on any atom is 0.266 e. The normalized spacial score (nSPS) is 19.1. The van der Waals surface area contributed by atoms with Gasteiger partial charge in [0.25, 0.3) is 11.8 Å². The lowest BCUT2D eigenvalue weighted by atomic mass is 9.93. The van der Waals surface area contributed by atoms with Crippen LogP contribution in [0.5, 0.6) is 11.5 Å². The SMILES string of the molecule is CONC(=O)[C@@H]1CCCN1C(=O)[C@H](C)NC(=O)[C@@H]1Cc2ccc(O)c(c2)-c2cc(ccc2O)[C@H](N(C)C(=O)[C@H](CCCCN)NC(=O)c2ccc(-c3ccc(Cl)cc3)cc2)C(=O)N[C@@H](C)C(=O)N1. The van der Waals surface area contributed by atoms with Crippen LogP contribution in [0.25, 0.3) is 22.3 Å². The smallest absolute Gasteiger partial charge is 0.266 e. The van der Waals surface area contributed by atoms with Crippen LogP contribution in [0.3, 0.4) is 0 Å². The average molecular weight is 953 g/mol. The predicted molar refractivity (Wildman–Crippen MR) is 252 cm³/mol. The van der Waals surface area contributed by atoms with Gasteiger partial charge in [-0.3, -0.25) is 38.4 Å². The lowest BCUT2D eigenvalue weighted by Gasteiger charge is -2.32. The molecule has 2 aliphatic rings. The Labute approximate surface area is 398 Å². The van der Waals surface area contributed by atoms with E-state index in [1.807, 2.05) is 12.1 Å². The van der Waals surface area contributed by atoms with Gasteiger partial charge >= 0.3 is 0 Å². The molecule has 7 amide bonds. The molecule has 19 heteroatoms. The number of rotatable bonds is 14. The Balaban J connectivity index is 1.28. The number of nitrogens with zero attached hydrogens (tertiary/aromatic N) is 2. The first-order valence-electron chi connectivity index (χ1n) is 22.3. The summed E-state index contributed by atoms with van der Waals surface area (Å²) in [4.78, 5) is 104. The Morgan fingerprint density at radius 3 is 2.18 bits per heavy atom. The third kappa shape index (κ3) is 11.9. The van der Waals surface area contributed by atoms with E-state index in [1.54, 1.807) is 36.4 Å². The molecule has 2 aliphatic heterocycles. The number of halogens is 1. The third-order valence-electron chi connectivity index (χ3n) is 12.1. The van der Waals surface area contributed by atoms with Crippen molar-refractivity contribution in [2.75, 3.05) is 27.2 Å². The molecular formula is C49H57ClN8O10. The van der Waals surface area contributed by atoms with E-state index in [0.29, 0.717) is 42.8 Å². The van der Waals surface area contributed by atoms with E-state index < -0.39 is 77.6 Å². The first-order chi connectivity index (χ1) is 32.5. The first-order valence-corrected chi connectivity index (χ1v) is 22.7. The topological polar surface area (TPSA) is 262 Å². The number of carbonyl (C=O) groups excluding carboxylic acids is 7. The Bertz CT molecular complexity index is 2520. The van der Waals surface area contributed by atoms with Crippen LogP contribution < -0.4 is 32.5 Å². The van der Waals surface area contributed by atoms with E-state index in [0.717, 1.165) is 16.0 Å². The molecule has 2 heterocycles. The van der Waals surface area contributed by atoms with Crippen molar-refractivity contribution < 1.29 is 48.6 Å². The Morgan fingerprint density at radius 1 is 0.868 bits per heavy atom. The number of benzene rings is 4. The molecule has 0 spiro atoms. The molecule has 4 aromatic rings. The quantitative estimate of drug-likeness (QED) is 0.0672. The number of carbonyl (C=O) groups is 7. The minimum Gasteiger partial charge on any atom is -0.507 e. The molecule has 0 aromatic heterocycles. The summed E-state index contributed by atoms with van der Waals surface area (Å²) < 4.78 is 0.